The predicted molar refractivity (Wildman–Crippen MR) is 173 cm³/mol. The van der Waals surface area contributed by atoms with Crippen LogP contribution >= 0.6 is 23.1 Å². The Kier molecular flexibility index (Phi) is 5.55. The molecule has 3 aliphatic rings. The molecule has 5 unspecified atom stereocenters. The lowest BCUT2D eigenvalue weighted by molar-refractivity contribution is 0.307. The summed E-state index contributed by atoms with van der Waals surface area (Å²) in [5, 5.41) is 7.07. The molecular weight excluding hydrogens is 537 g/mol. The summed E-state index contributed by atoms with van der Waals surface area (Å²) in [6.45, 7) is 0. The summed E-state index contributed by atoms with van der Waals surface area (Å²) in [6.07, 6.45) is 4.19. The SMILES string of the molecule is c1ccc(C2c3sc(=Nc4cccc5ccccc45)n(-c4cccc5ccccc45)c3SC3C4CCC(C4)C23)cc1. The summed E-state index contributed by atoms with van der Waals surface area (Å²) in [5.74, 6) is 2.80. The Labute approximate surface area is 248 Å². The third-order valence-electron chi connectivity index (χ3n) is 9.77. The van der Waals surface area contributed by atoms with E-state index in [2.05, 4.69) is 132 Å². The first kappa shape index (κ1) is 24.0. The molecule has 0 saturated heterocycles. The zero-order valence-electron chi connectivity index (χ0n) is 22.7. The fraction of sp³-hybridized carbons (Fsp3) is 0.216. The highest BCUT2D eigenvalue weighted by Crippen LogP contribution is 2.64. The average Bonchev–Trinajstić information content (AvgIpc) is 3.74. The van der Waals surface area contributed by atoms with E-state index in [4.69, 9.17) is 4.99 Å². The first-order chi connectivity index (χ1) is 20.3. The van der Waals surface area contributed by atoms with E-state index in [0.717, 1.165) is 22.3 Å². The number of hydrogen-bond acceptors (Lipinski definition) is 3. The van der Waals surface area contributed by atoms with Crippen LogP contribution in [0.2, 0.25) is 0 Å². The molecule has 0 spiro atoms. The van der Waals surface area contributed by atoms with E-state index in [-0.39, 0.29) is 0 Å². The number of aromatic nitrogens is 1. The number of thiazole rings is 1. The minimum atomic E-state index is 0.426. The Morgan fingerprint density at radius 2 is 1.34 bits per heavy atom. The summed E-state index contributed by atoms with van der Waals surface area (Å²) in [4.78, 5) is 8.08. The molecule has 5 aromatic carbocycles. The molecule has 0 amide bonds. The van der Waals surface area contributed by atoms with Crippen molar-refractivity contribution in [2.24, 2.45) is 22.7 Å². The van der Waals surface area contributed by atoms with Crippen LogP contribution in [0.15, 0.2) is 125 Å². The van der Waals surface area contributed by atoms with Gasteiger partial charge in [-0.05, 0) is 65.5 Å². The van der Waals surface area contributed by atoms with Gasteiger partial charge >= 0.3 is 0 Å². The van der Waals surface area contributed by atoms with Crippen molar-refractivity contribution in [3.63, 3.8) is 0 Å². The molecule has 2 bridgehead atoms. The van der Waals surface area contributed by atoms with Gasteiger partial charge in [0.25, 0.3) is 0 Å². The zero-order chi connectivity index (χ0) is 26.9. The smallest absolute Gasteiger partial charge is 0.195 e. The van der Waals surface area contributed by atoms with Gasteiger partial charge in [-0.3, -0.25) is 4.57 Å². The number of hydrogen-bond donors (Lipinski definition) is 0. The molecule has 2 saturated carbocycles. The second kappa shape index (κ2) is 9.47. The summed E-state index contributed by atoms with van der Waals surface area (Å²) in [7, 11) is 0. The third-order valence-corrected chi connectivity index (χ3v) is 12.6. The van der Waals surface area contributed by atoms with Crippen LogP contribution in [0, 0.1) is 17.8 Å². The molecule has 2 heterocycles. The Bertz CT molecular complexity index is 1990. The summed E-state index contributed by atoms with van der Waals surface area (Å²) >= 11 is 4.09. The summed E-state index contributed by atoms with van der Waals surface area (Å²) in [6, 6.07) is 42.0. The van der Waals surface area contributed by atoms with Crippen molar-refractivity contribution in [3.8, 4) is 5.69 Å². The molecule has 2 aliphatic carbocycles. The van der Waals surface area contributed by atoms with Crippen LogP contribution in [0.4, 0.5) is 5.69 Å². The van der Waals surface area contributed by atoms with Crippen molar-refractivity contribution in [1.29, 1.82) is 0 Å². The van der Waals surface area contributed by atoms with Gasteiger partial charge in [0.1, 0.15) is 0 Å². The average molecular weight is 567 g/mol. The Morgan fingerprint density at radius 3 is 2.20 bits per heavy atom. The normalized spacial score (nSPS) is 25.1. The summed E-state index contributed by atoms with van der Waals surface area (Å²) in [5.41, 5.74) is 3.75. The molecule has 1 aromatic heterocycles. The van der Waals surface area contributed by atoms with Crippen molar-refractivity contribution >= 4 is 50.3 Å². The minimum absolute atomic E-state index is 0.426. The van der Waals surface area contributed by atoms with Crippen molar-refractivity contribution < 1.29 is 0 Å². The minimum Gasteiger partial charge on any atom is -0.279 e. The van der Waals surface area contributed by atoms with Crippen LogP contribution < -0.4 is 4.80 Å². The van der Waals surface area contributed by atoms with Gasteiger partial charge < -0.3 is 0 Å². The maximum atomic E-state index is 5.50. The monoisotopic (exact) mass is 566 g/mol. The number of fused-ring (bicyclic) bond motifs is 8. The highest BCUT2D eigenvalue weighted by atomic mass is 32.2. The van der Waals surface area contributed by atoms with Gasteiger partial charge in [0, 0.05) is 26.8 Å². The molecule has 200 valence electrons. The predicted octanol–water partition coefficient (Wildman–Crippen LogP) is 9.73. The van der Waals surface area contributed by atoms with Crippen molar-refractivity contribution in [3.05, 3.63) is 131 Å². The molecule has 41 heavy (non-hydrogen) atoms. The number of nitrogens with zero attached hydrogens (tertiary/aromatic N) is 2. The van der Waals surface area contributed by atoms with Gasteiger partial charge in [0.05, 0.1) is 16.4 Å². The first-order valence-corrected chi connectivity index (χ1v) is 16.5. The number of thioether (sulfide) groups is 1. The molecule has 2 fully saturated rings. The van der Waals surface area contributed by atoms with Gasteiger partial charge in [0.15, 0.2) is 4.80 Å². The van der Waals surface area contributed by atoms with Crippen LogP contribution in [0.5, 0.6) is 0 Å². The van der Waals surface area contributed by atoms with E-state index < -0.39 is 0 Å². The maximum Gasteiger partial charge on any atom is 0.195 e. The van der Waals surface area contributed by atoms with E-state index in [0.29, 0.717) is 17.1 Å². The van der Waals surface area contributed by atoms with E-state index in [1.165, 1.54) is 62.0 Å². The lowest BCUT2D eigenvalue weighted by Gasteiger charge is -2.40. The standard InChI is InChI=1S/C37H30N2S2/c1-2-12-25(13-3-1)32-33-26-20-21-27(22-26)34(33)40-36-35(32)41-37(38-30-18-8-14-23-10-4-6-16-28(23)30)39(36)31-19-9-15-24-11-5-7-17-29(24)31/h1-19,26-27,32-34H,20-22H2. The van der Waals surface area contributed by atoms with E-state index in [1.54, 1.807) is 0 Å². The van der Waals surface area contributed by atoms with E-state index >= 15 is 0 Å². The van der Waals surface area contributed by atoms with E-state index in [9.17, 15) is 0 Å². The number of benzene rings is 5. The Morgan fingerprint density at radius 1 is 0.659 bits per heavy atom. The molecule has 0 radical (unpaired) electrons. The fourth-order valence-corrected chi connectivity index (χ4v) is 11.4. The summed E-state index contributed by atoms with van der Waals surface area (Å²) < 4.78 is 2.52. The van der Waals surface area contributed by atoms with Crippen LogP contribution in [0.1, 0.15) is 35.6 Å². The molecule has 9 rings (SSSR count). The van der Waals surface area contributed by atoms with Crippen molar-refractivity contribution in [1.82, 2.24) is 4.57 Å². The van der Waals surface area contributed by atoms with Gasteiger partial charge in [-0.2, -0.15) is 0 Å². The van der Waals surface area contributed by atoms with Gasteiger partial charge in [0.2, 0.25) is 0 Å². The Balaban J connectivity index is 1.37. The highest BCUT2D eigenvalue weighted by Gasteiger charge is 2.55. The molecule has 1 aliphatic heterocycles. The molecule has 2 nitrogen and oxygen atoms in total. The maximum absolute atomic E-state index is 5.50. The van der Waals surface area contributed by atoms with Crippen LogP contribution in [-0.4, -0.2) is 9.82 Å². The lowest BCUT2D eigenvalue weighted by atomic mass is 9.75. The second-order valence-corrected chi connectivity index (χ2v) is 14.1. The van der Waals surface area contributed by atoms with Crippen LogP contribution in [-0.2, 0) is 0 Å². The Hall–Kier alpha value is -3.60. The fourth-order valence-electron chi connectivity index (χ4n) is 8.05. The zero-order valence-corrected chi connectivity index (χ0v) is 24.3. The van der Waals surface area contributed by atoms with Crippen LogP contribution in [0.25, 0.3) is 27.2 Å². The molecule has 0 N–H and O–H groups in total. The molecule has 5 atom stereocenters. The largest absolute Gasteiger partial charge is 0.279 e. The lowest BCUT2D eigenvalue weighted by Crippen LogP contribution is -2.34. The molecular formula is C37H30N2S2. The highest BCUT2D eigenvalue weighted by molar-refractivity contribution is 8.00. The third kappa shape index (κ3) is 3.73. The molecule has 4 heteroatoms. The van der Waals surface area contributed by atoms with Gasteiger partial charge in [-0.15, -0.1) is 11.8 Å². The quantitative estimate of drug-likeness (QED) is 0.208. The van der Waals surface area contributed by atoms with E-state index in [1.807, 2.05) is 11.3 Å². The second-order valence-electron chi connectivity index (χ2n) is 11.9. The van der Waals surface area contributed by atoms with Crippen LogP contribution in [0.3, 0.4) is 0 Å². The van der Waals surface area contributed by atoms with Gasteiger partial charge in [-0.1, -0.05) is 114 Å². The topological polar surface area (TPSA) is 17.3 Å². The first-order valence-electron chi connectivity index (χ1n) is 14.8. The van der Waals surface area contributed by atoms with Gasteiger partial charge in [-0.25, -0.2) is 4.99 Å². The van der Waals surface area contributed by atoms with Crippen molar-refractivity contribution in [2.75, 3.05) is 0 Å². The molecule has 6 aromatic rings. The van der Waals surface area contributed by atoms with Crippen molar-refractivity contribution in [2.45, 2.75) is 35.5 Å². The number of rotatable bonds is 3.